The molecular formula is C27H40N2O5S. The van der Waals surface area contributed by atoms with Gasteiger partial charge in [-0.2, -0.15) is 0 Å². The van der Waals surface area contributed by atoms with Crippen molar-refractivity contribution in [3.05, 3.63) is 28.8 Å². The lowest BCUT2D eigenvalue weighted by Crippen LogP contribution is -2.48. The molecule has 4 aliphatic rings. The number of phenolic OH excluding ortho intramolecular Hbond substituents is 1. The Bertz CT molecular complexity index is 1100. The van der Waals surface area contributed by atoms with Crippen molar-refractivity contribution in [2.24, 2.45) is 34.8 Å². The fourth-order valence-corrected chi connectivity index (χ4v) is 9.99. The molecule has 1 aromatic carbocycles. The lowest BCUT2D eigenvalue weighted by Gasteiger charge is -2.41. The van der Waals surface area contributed by atoms with Gasteiger partial charge in [-0.05, 0) is 67.4 Å². The Hall–Kier alpha value is -1.48. The molecule has 7 nitrogen and oxygen atoms in total. The summed E-state index contributed by atoms with van der Waals surface area (Å²) in [6.07, 6.45) is 3.93. The predicted molar refractivity (Wildman–Crippen MR) is 134 cm³/mol. The number of sulfonamides is 1. The molecule has 0 radical (unpaired) electrons. The van der Waals surface area contributed by atoms with E-state index in [1.807, 2.05) is 19.1 Å². The number of carbonyl (C=O) groups is 1. The van der Waals surface area contributed by atoms with Crippen molar-refractivity contribution in [1.82, 2.24) is 4.31 Å². The van der Waals surface area contributed by atoms with E-state index in [1.54, 1.807) is 4.31 Å². The number of ketones is 1. The quantitative estimate of drug-likeness (QED) is 0.615. The molecule has 2 aliphatic carbocycles. The molecular weight excluding hydrogens is 464 g/mol. The highest BCUT2D eigenvalue weighted by molar-refractivity contribution is 7.89. The minimum absolute atomic E-state index is 0.0292. The maximum atomic E-state index is 13.6. The van der Waals surface area contributed by atoms with Crippen molar-refractivity contribution in [3.8, 4) is 5.75 Å². The van der Waals surface area contributed by atoms with Gasteiger partial charge in [-0.1, -0.05) is 26.0 Å². The van der Waals surface area contributed by atoms with Crippen LogP contribution in [0.1, 0.15) is 68.7 Å². The SMILES string of the molecule is Cc1ccc2c(c1O)C[C@@H](C1CCN(S(=O)(=O)C[C@@]34CC[C@@H](CC3=O)C4C(C)C)CC1)O[C@H]2CN. The normalized spacial score (nSPS) is 34.0. The van der Waals surface area contributed by atoms with Crippen LogP contribution >= 0.6 is 0 Å². The molecule has 2 heterocycles. The molecule has 1 unspecified atom stereocenters. The lowest BCUT2D eigenvalue weighted by atomic mass is 9.75. The molecule has 0 aromatic heterocycles. The highest BCUT2D eigenvalue weighted by Gasteiger charge is 2.61. The number of nitrogens with zero attached hydrogens (tertiary/aromatic N) is 1. The highest BCUT2D eigenvalue weighted by atomic mass is 32.2. The van der Waals surface area contributed by atoms with Crippen LogP contribution in [0.25, 0.3) is 0 Å². The second kappa shape index (κ2) is 9.12. The van der Waals surface area contributed by atoms with Crippen LogP contribution in [0.4, 0.5) is 0 Å². The Morgan fingerprint density at radius 3 is 2.51 bits per heavy atom. The summed E-state index contributed by atoms with van der Waals surface area (Å²) in [5, 5.41) is 10.7. The summed E-state index contributed by atoms with van der Waals surface area (Å²) in [5.74, 6) is 1.52. The van der Waals surface area contributed by atoms with Gasteiger partial charge in [0.25, 0.3) is 0 Å². The number of aromatic hydroxyl groups is 1. The maximum Gasteiger partial charge on any atom is 0.215 e. The Balaban J connectivity index is 1.27. The molecule has 2 bridgehead atoms. The third kappa shape index (κ3) is 4.14. The number of piperidine rings is 1. The second-order valence-electron chi connectivity index (χ2n) is 11.7. The molecule has 3 fully saturated rings. The molecule has 2 saturated carbocycles. The number of benzene rings is 1. The first-order chi connectivity index (χ1) is 16.6. The smallest absolute Gasteiger partial charge is 0.215 e. The Morgan fingerprint density at radius 2 is 1.89 bits per heavy atom. The van der Waals surface area contributed by atoms with E-state index in [0.717, 1.165) is 23.1 Å². The number of phenols is 1. The van der Waals surface area contributed by atoms with Gasteiger partial charge in [0.15, 0.2) is 0 Å². The third-order valence-corrected chi connectivity index (χ3v) is 11.5. The summed E-state index contributed by atoms with van der Waals surface area (Å²) in [6.45, 7) is 7.40. The predicted octanol–water partition coefficient (Wildman–Crippen LogP) is 3.32. The second-order valence-corrected chi connectivity index (χ2v) is 13.7. The van der Waals surface area contributed by atoms with E-state index in [9.17, 15) is 18.3 Å². The lowest BCUT2D eigenvalue weighted by molar-refractivity contribution is -0.127. The fourth-order valence-electron chi connectivity index (χ4n) is 7.89. The number of rotatable bonds is 6. The monoisotopic (exact) mass is 504 g/mol. The molecule has 1 saturated heterocycles. The van der Waals surface area contributed by atoms with Gasteiger partial charge in [0.1, 0.15) is 11.5 Å². The molecule has 0 amide bonds. The molecule has 0 spiro atoms. The van der Waals surface area contributed by atoms with Crippen LogP contribution in [0.3, 0.4) is 0 Å². The number of carbonyl (C=O) groups excluding carboxylic acids is 1. The van der Waals surface area contributed by atoms with Crippen molar-refractivity contribution in [2.75, 3.05) is 25.4 Å². The van der Waals surface area contributed by atoms with Crippen LogP contribution in [0, 0.1) is 36.0 Å². The van der Waals surface area contributed by atoms with E-state index in [4.69, 9.17) is 10.5 Å². The molecule has 35 heavy (non-hydrogen) atoms. The summed E-state index contributed by atoms with van der Waals surface area (Å²) in [5.41, 5.74) is 8.04. The third-order valence-electron chi connectivity index (χ3n) is 9.51. The average Bonchev–Trinajstić information content (AvgIpc) is 3.31. The van der Waals surface area contributed by atoms with Crippen LogP contribution in [-0.2, 0) is 26.0 Å². The largest absolute Gasteiger partial charge is 0.507 e. The first-order valence-electron chi connectivity index (χ1n) is 13.3. The minimum Gasteiger partial charge on any atom is -0.507 e. The number of ether oxygens (including phenoxy) is 1. The number of Topliss-reactive ketones (excluding diaryl/α,β-unsaturated/α-hetero) is 1. The van der Waals surface area contributed by atoms with Crippen molar-refractivity contribution in [1.29, 1.82) is 0 Å². The molecule has 8 heteroatoms. The first kappa shape index (κ1) is 25.2. The standard InChI is InChI=1S/C27H40N2O5S/c1-16(2)25-19-6-9-27(25,24(30)12-19)15-35(32,33)29-10-7-18(8-11-29)22-13-21-20(23(14-28)34-22)5-4-17(3)26(21)31/h4-5,16,18-19,22-23,25,31H,6-15,28H2,1-3H3/t19-,22-,23-,25?,27-/m0/s1. The van der Waals surface area contributed by atoms with Crippen LogP contribution in [0.5, 0.6) is 5.75 Å². The zero-order valence-electron chi connectivity index (χ0n) is 21.2. The maximum absolute atomic E-state index is 13.6. The van der Waals surface area contributed by atoms with Gasteiger partial charge in [-0.15, -0.1) is 0 Å². The Morgan fingerprint density at radius 1 is 1.17 bits per heavy atom. The number of fused-ring (bicyclic) bond motifs is 3. The van der Waals surface area contributed by atoms with Crippen LogP contribution < -0.4 is 5.73 Å². The summed E-state index contributed by atoms with van der Waals surface area (Å²) >= 11 is 0. The molecule has 1 aromatic rings. The first-order valence-corrected chi connectivity index (χ1v) is 14.9. The summed E-state index contributed by atoms with van der Waals surface area (Å²) < 4.78 is 35.1. The number of nitrogens with two attached hydrogens (primary N) is 1. The molecule has 194 valence electrons. The molecule has 3 N–H and O–H groups in total. The fraction of sp³-hybridized carbons (Fsp3) is 0.741. The topological polar surface area (TPSA) is 110 Å². The molecule has 5 atom stereocenters. The van der Waals surface area contributed by atoms with E-state index in [2.05, 4.69) is 13.8 Å². The zero-order valence-corrected chi connectivity index (χ0v) is 22.0. The summed E-state index contributed by atoms with van der Waals surface area (Å²) in [7, 11) is -3.53. The zero-order chi connectivity index (χ0) is 25.1. The Kier molecular flexibility index (Phi) is 6.56. The van der Waals surface area contributed by atoms with Crippen LogP contribution in [0.2, 0.25) is 0 Å². The van der Waals surface area contributed by atoms with E-state index < -0.39 is 15.4 Å². The van der Waals surface area contributed by atoms with Gasteiger partial charge in [-0.3, -0.25) is 4.79 Å². The van der Waals surface area contributed by atoms with E-state index in [1.165, 1.54) is 0 Å². The average molecular weight is 505 g/mol. The molecule has 5 rings (SSSR count). The van der Waals surface area contributed by atoms with Crippen molar-refractivity contribution in [3.63, 3.8) is 0 Å². The van der Waals surface area contributed by atoms with Gasteiger partial charge in [-0.25, -0.2) is 12.7 Å². The van der Waals surface area contributed by atoms with E-state index in [-0.39, 0.29) is 35.6 Å². The number of hydrogen-bond acceptors (Lipinski definition) is 6. The van der Waals surface area contributed by atoms with Gasteiger partial charge < -0.3 is 15.6 Å². The van der Waals surface area contributed by atoms with Crippen LogP contribution in [-0.4, -0.2) is 55.1 Å². The van der Waals surface area contributed by atoms with Gasteiger partial charge >= 0.3 is 0 Å². The van der Waals surface area contributed by atoms with Gasteiger partial charge in [0.05, 0.1) is 18.0 Å². The van der Waals surface area contributed by atoms with Crippen molar-refractivity contribution >= 4 is 15.8 Å². The van der Waals surface area contributed by atoms with E-state index >= 15 is 0 Å². The Labute approximate surface area is 209 Å². The minimum atomic E-state index is -3.53. The highest BCUT2D eigenvalue weighted by Crippen LogP contribution is 2.59. The molecule has 2 aliphatic heterocycles. The van der Waals surface area contributed by atoms with Crippen LogP contribution in [0.15, 0.2) is 12.1 Å². The summed E-state index contributed by atoms with van der Waals surface area (Å²) in [6, 6.07) is 3.89. The number of hydrogen-bond donors (Lipinski definition) is 2. The van der Waals surface area contributed by atoms with Gasteiger partial charge in [0.2, 0.25) is 10.0 Å². The van der Waals surface area contributed by atoms with E-state index in [0.29, 0.717) is 69.3 Å². The van der Waals surface area contributed by atoms with Crippen molar-refractivity contribution in [2.45, 2.75) is 71.5 Å². The van der Waals surface area contributed by atoms with Crippen molar-refractivity contribution < 1.29 is 23.1 Å². The van der Waals surface area contributed by atoms with Gasteiger partial charge in [0, 0.05) is 43.5 Å². The summed E-state index contributed by atoms with van der Waals surface area (Å²) in [4.78, 5) is 13.0. The number of aryl methyl sites for hydroxylation is 1.